The van der Waals surface area contributed by atoms with E-state index in [0.29, 0.717) is 27.7 Å². The maximum atomic E-state index is 12.4. The van der Waals surface area contributed by atoms with Gasteiger partial charge in [-0.05, 0) is 53.7 Å². The van der Waals surface area contributed by atoms with E-state index in [1.165, 1.54) is 33.5 Å². The van der Waals surface area contributed by atoms with Crippen molar-refractivity contribution in [2.75, 3.05) is 21.3 Å². The minimum atomic E-state index is -1.29. The number of aromatic carboxylic acids is 2. The highest BCUT2D eigenvalue weighted by molar-refractivity contribution is 8.18. The van der Waals surface area contributed by atoms with Gasteiger partial charge in [-0.2, -0.15) is 0 Å². The van der Waals surface area contributed by atoms with Crippen LogP contribution < -0.4 is 19.5 Å². The lowest BCUT2D eigenvalue weighted by Crippen LogP contribution is -2.19. The Kier molecular flexibility index (Phi) is 6.69. The van der Waals surface area contributed by atoms with Crippen molar-refractivity contribution in [3.05, 3.63) is 51.9 Å². The molecule has 1 amide bonds. The van der Waals surface area contributed by atoms with Crippen LogP contribution in [0.5, 0.6) is 17.2 Å². The standard InChI is InChI=1S/C21H18N2O8S/c1-29-14-4-10(5-15(30-2)17(14)31-3)6-16-18(24)23-21(32-16)22-13-8-11(19(25)26)7-12(9-13)20(27)28/h4-9H,1-3H3,(H,25,26)(H,27,28)(H,22,23,24)/b16-6-. The van der Waals surface area contributed by atoms with Crippen molar-refractivity contribution in [1.29, 1.82) is 0 Å². The van der Waals surface area contributed by atoms with Crippen molar-refractivity contribution in [3.63, 3.8) is 0 Å². The van der Waals surface area contributed by atoms with Crippen LogP contribution >= 0.6 is 11.8 Å². The van der Waals surface area contributed by atoms with Gasteiger partial charge in [0.2, 0.25) is 5.75 Å². The van der Waals surface area contributed by atoms with Gasteiger partial charge in [-0.3, -0.25) is 4.79 Å². The van der Waals surface area contributed by atoms with Gasteiger partial charge in [0.25, 0.3) is 5.91 Å². The lowest BCUT2D eigenvalue weighted by atomic mass is 10.1. The summed E-state index contributed by atoms with van der Waals surface area (Å²) in [5.74, 6) is -1.75. The molecule has 0 radical (unpaired) electrons. The smallest absolute Gasteiger partial charge is 0.335 e. The molecule has 11 heteroatoms. The molecule has 3 rings (SSSR count). The average Bonchev–Trinajstić information content (AvgIpc) is 3.10. The highest BCUT2D eigenvalue weighted by atomic mass is 32.2. The fourth-order valence-electron chi connectivity index (χ4n) is 2.86. The second-order valence-corrected chi connectivity index (χ2v) is 7.35. The van der Waals surface area contributed by atoms with Crippen LogP contribution in [0.4, 0.5) is 5.69 Å². The monoisotopic (exact) mass is 458 g/mol. The van der Waals surface area contributed by atoms with E-state index in [-0.39, 0.29) is 22.0 Å². The summed E-state index contributed by atoms with van der Waals surface area (Å²) in [6.45, 7) is 0. The quantitative estimate of drug-likeness (QED) is 0.533. The molecule has 0 unspecified atom stereocenters. The molecule has 2 aromatic rings. The van der Waals surface area contributed by atoms with Crippen molar-refractivity contribution in [1.82, 2.24) is 5.32 Å². The Balaban J connectivity index is 1.95. The first-order valence-corrected chi connectivity index (χ1v) is 9.78. The van der Waals surface area contributed by atoms with E-state index in [4.69, 9.17) is 14.2 Å². The number of rotatable bonds is 7. The zero-order valence-electron chi connectivity index (χ0n) is 17.2. The minimum absolute atomic E-state index is 0.0825. The molecule has 1 fully saturated rings. The molecule has 1 aliphatic heterocycles. The number of carboxylic acids is 2. The molecule has 0 spiro atoms. The topological polar surface area (TPSA) is 144 Å². The van der Waals surface area contributed by atoms with E-state index in [9.17, 15) is 24.6 Å². The number of carboxylic acid groups (broad SMARTS) is 2. The van der Waals surface area contributed by atoms with Crippen LogP contribution in [0.25, 0.3) is 6.08 Å². The third-order valence-corrected chi connectivity index (χ3v) is 5.19. The van der Waals surface area contributed by atoms with Gasteiger partial charge < -0.3 is 29.7 Å². The molecule has 3 N–H and O–H groups in total. The second kappa shape index (κ2) is 9.43. The number of amidine groups is 1. The summed E-state index contributed by atoms with van der Waals surface area (Å²) in [4.78, 5) is 39.4. The summed E-state index contributed by atoms with van der Waals surface area (Å²) >= 11 is 1.02. The Labute approximate surface area is 186 Å². The normalized spacial score (nSPS) is 15.5. The number of hydrogen-bond donors (Lipinski definition) is 3. The van der Waals surface area contributed by atoms with Crippen molar-refractivity contribution >= 4 is 46.5 Å². The zero-order valence-corrected chi connectivity index (χ0v) is 18.0. The number of hydrogen-bond acceptors (Lipinski definition) is 8. The molecule has 10 nitrogen and oxygen atoms in total. The predicted octanol–water partition coefficient (Wildman–Crippen LogP) is 3.00. The summed E-state index contributed by atoms with van der Waals surface area (Å²) in [5, 5.41) is 21.1. The Bertz CT molecular complexity index is 1120. The molecule has 1 heterocycles. The molecule has 2 aromatic carbocycles. The van der Waals surface area contributed by atoms with E-state index < -0.39 is 17.8 Å². The van der Waals surface area contributed by atoms with E-state index in [1.54, 1.807) is 18.2 Å². The van der Waals surface area contributed by atoms with Crippen LogP contribution in [0.15, 0.2) is 40.2 Å². The van der Waals surface area contributed by atoms with Crippen molar-refractivity contribution in [2.45, 2.75) is 0 Å². The first-order valence-electron chi connectivity index (χ1n) is 8.97. The molecule has 0 aliphatic carbocycles. The van der Waals surface area contributed by atoms with Crippen LogP contribution in [0, 0.1) is 0 Å². The number of amides is 1. The van der Waals surface area contributed by atoms with Gasteiger partial charge in [0.1, 0.15) is 0 Å². The molecule has 1 aliphatic rings. The Hall–Kier alpha value is -3.99. The number of carbonyl (C=O) groups excluding carboxylic acids is 1. The van der Waals surface area contributed by atoms with E-state index in [1.807, 2.05) is 0 Å². The summed E-state index contributed by atoms with van der Waals surface area (Å²) < 4.78 is 15.9. The van der Waals surface area contributed by atoms with E-state index in [2.05, 4.69) is 10.3 Å². The molecular formula is C21H18N2O8S. The third-order valence-electron chi connectivity index (χ3n) is 4.28. The van der Waals surface area contributed by atoms with Gasteiger partial charge >= 0.3 is 11.9 Å². The highest BCUT2D eigenvalue weighted by Crippen LogP contribution is 2.39. The van der Waals surface area contributed by atoms with Crippen LogP contribution in [0.2, 0.25) is 0 Å². The lowest BCUT2D eigenvalue weighted by Gasteiger charge is -2.12. The molecular weight excluding hydrogens is 440 g/mol. The fraction of sp³-hybridized carbons (Fsp3) is 0.143. The van der Waals surface area contributed by atoms with Crippen molar-refractivity contribution < 1.29 is 38.8 Å². The number of methoxy groups -OCH3 is 3. The van der Waals surface area contributed by atoms with Crippen LogP contribution in [-0.2, 0) is 4.79 Å². The summed E-state index contributed by atoms with van der Waals surface area (Å²) in [7, 11) is 4.44. The number of nitrogens with zero attached hydrogens (tertiary/aromatic N) is 1. The molecule has 0 bridgehead atoms. The molecule has 166 valence electrons. The van der Waals surface area contributed by atoms with Crippen LogP contribution in [0.1, 0.15) is 26.3 Å². The summed E-state index contributed by atoms with van der Waals surface area (Å²) in [6, 6.07) is 6.81. The summed E-state index contributed by atoms with van der Waals surface area (Å²) in [6.07, 6.45) is 1.60. The molecule has 32 heavy (non-hydrogen) atoms. The van der Waals surface area contributed by atoms with Crippen LogP contribution in [0.3, 0.4) is 0 Å². The van der Waals surface area contributed by atoms with Gasteiger partial charge in [-0.1, -0.05) is 0 Å². The Morgan fingerprint density at radius 2 is 1.50 bits per heavy atom. The van der Waals surface area contributed by atoms with E-state index >= 15 is 0 Å². The van der Waals surface area contributed by atoms with Gasteiger partial charge in [0, 0.05) is 0 Å². The highest BCUT2D eigenvalue weighted by Gasteiger charge is 2.25. The average molecular weight is 458 g/mol. The van der Waals surface area contributed by atoms with Gasteiger partial charge in [0.15, 0.2) is 16.7 Å². The number of aliphatic imine (C=N–C) groups is 1. The first-order chi connectivity index (χ1) is 15.2. The lowest BCUT2D eigenvalue weighted by molar-refractivity contribution is -0.115. The van der Waals surface area contributed by atoms with Gasteiger partial charge in [-0.15, -0.1) is 0 Å². The number of ether oxygens (including phenoxy) is 3. The second-order valence-electron chi connectivity index (χ2n) is 6.32. The maximum Gasteiger partial charge on any atom is 0.335 e. The van der Waals surface area contributed by atoms with Gasteiger partial charge in [0.05, 0.1) is 43.0 Å². The largest absolute Gasteiger partial charge is 0.493 e. The Morgan fingerprint density at radius 1 is 0.938 bits per heavy atom. The number of nitrogens with one attached hydrogen (secondary N) is 1. The maximum absolute atomic E-state index is 12.4. The Morgan fingerprint density at radius 3 is 1.97 bits per heavy atom. The molecule has 0 saturated carbocycles. The number of thioether (sulfide) groups is 1. The van der Waals surface area contributed by atoms with E-state index in [0.717, 1.165) is 17.8 Å². The van der Waals surface area contributed by atoms with Crippen LogP contribution in [-0.4, -0.2) is 54.6 Å². The first kappa shape index (κ1) is 22.7. The van der Waals surface area contributed by atoms with Crippen molar-refractivity contribution in [2.24, 2.45) is 4.99 Å². The minimum Gasteiger partial charge on any atom is -0.493 e. The molecule has 1 saturated heterocycles. The number of carbonyl (C=O) groups is 3. The predicted molar refractivity (Wildman–Crippen MR) is 117 cm³/mol. The summed E-state index contributed by atoms with van der Waals surface area (Å²) in [5.41, 5.74) is 0.233. The third kappa shape index (κ3) is 4.83. The van der Waals surface area contributed by atoms with Gasteiger partial charge in [-0.25, -0.2) is 14.6 Å². The number of benzene rings is 2. The zero-order chi connectivity index (χ0) is 23.4. The molecule has 0 atom stereocenters. The fourth-order valence-corrected chi connectivity index (χ4v) is 3.70. The molecule has 0 aromatic heterocycles. The SMILES string of the molecule is COc1cc(/C=C2\SC(=Nc3cc(C(=O)O)cc(C(=O)O)c3)NC2=O)cc(OC)c1OC. The van der Waals surface area contributed by atoms with Crippen molar-refractivity contribution in [3.8, 4) is 17.2 Å².